The molecule has 2 aromatic heterocycles. The van der Waals surface area contributed by atoms with Crippen molar-refractivity contribution in [1.82, 2.24) is 9.13 Å². The second-order valence-electron chi connectivity index (χ2n) is 18.0. The molecule has 0 aliphatic carbocycles. The molecule has 0 aliphatic rings. The number of nitrogens with zero attached hydrogens (tertiary/aromatic N) is 6. The SMILES string of the molecule is CCCCC(CC)Cn1c2ccc(/C=C/C=N/N(C)c3ccccc3)cc2c2cc(-c3ccc4c(c3)c3cc(/C=C/C=N/N(C)c5ccccc5)ccc3n4CC(CC)CCCC)ccc21. The largest absolute Gasteiger partial charge is 0.340 e. The molecule has 66 heavy (non-hydrogen) atoms. The summed E-state index contributed by atoms with van der Waals surface area (Å²) in [5, 5.41) is 18.3. The van der Waals surface area contributed by atoms with E-state index >= 15 is 0 Å². The lowest BCUT2D eigenvalue weighted by molar-refractivity contribution is 0.401. The van der Waals surface area contributed by atoms with Crippen LogP contribution in [-0.2, 0) is 13.1 Å². The highest BCUT2D eigenvalue weighted by Gasteiger charge is 2.19. The number of unbranched alkanes of at least 4 members (excludes halogenated alkanes) is 2. The number of hydrazone groups is 2. The zero-order valence-electron chi connectivity index (χ0n) is 40.1. The molecular formula is C60H68N6. The summed E-state index contributed by atoms with van der Waals surface area (Å²) in [5.41, 5.74) is 12.1. The third-order valence-electron chi connectivity index (χ3n) is 13.6. The summed E-state index contributed by atoms with van der Waals surface area (Å²) in [6, 6.07) is 48.7. The Morgan fingerprint density at radius 2 is 0.848 bits per heavy atom. The molecule has 6 nitrogen and oxygen atoms in total. The first-order valence-corrected chi connectivity index (χ1v) is 24.5. The first-order chi connectivity index (χ1) is 32.4. The number of hydrogen-bond acceptors (Lipinski definition) is 4. The minimum absolute atomic E-state index is 0.637. The Hall–Kier alpha value is -6.66. The summed E-state index contributed by atoms with van der Waals surface area (Å²) in [4.78, 5) is 0. The molecule has 8 aromatic rings. The predicted molar refractivity (Wildman–Crippen MR) is 289 cm³/mol. The smallest absolute Gasteiger partial charge is 0.0590 e. The normalized spacial score (nSPS) is 13.2. The summed E-state index contributed by atoms with van der Waals surface area (Å²) >= 11 is 0. The minimum atomic E-state index is 0.637. The maximum atomic E-state index is 4.65. The lowest BCUT2D eigenvalue weighted by Gasteiger charge is -2.18. The van der Waals surface area contributed by atoms with E-state index in [0.29, 0.717) is 11.8 Å². The number of rotatable bonds is 21. The summed E-state index contributed by atoms with van der Waals surface area (Å²) in [7, 11) is 3.96. The average Bonchev–Trinajstić information content (AvgIpc) is 3.84. The van der Waals surface area contributed by atoms with Crippen LogP contribution in [0.15, 0.2) is 156 Å². The standard InChI is InChI=1S/C60H68N6/c1-7-11-21-45(9-3)43-65-57-33-29-47(23-19-37-61-63(5)51-25-15-13-16-26-51)39-53(57)55-41-49(31-35-59(55)65)50-32-36-60-56(42-50)54-40-48(24-20-38-62-64(6)52-27-17-14-18-28-52)30-34-58(54)66(60)44-46(10-4)22-12-8-2/h13-20,23-42,45-46H,7-12,21-22,43-44H2,1-6H3/b23-19+,24-20+,61-37+,62-38+. The monoisotopic (exact) mass is 873 g/mol. The number of fused-ring (bicyclic) bond motifs is 6. The number of allylic oxidation sites excluding steroid dienone is 2. The molecule has 0 N–H and O–H groups in total. The van der Waals surface area contributed by atoms with E-state index in [0.717, 1.165) is 35.6 Å². The Bertz CT molecular complexity index is 2760. The molecule has 2 unspecified atom stereocenters. The molecule has 0 radical (unpaired) electrons. The van der Waals surface area contributed by atoms with E-state index in [1.165, 1.54) is 106 Å². The second kappa shape index (κ2) is 22.0. The summed E-state index contributed by atoms with van der Waals surface area (Å²) in [6.45, 7) is 11.4. The zero-order chi connectivity index (χ0) is 45.8. The molecule has 0 aliphatic heterocycles. The quantitative estimate of drug-likeness (QED) is 0.0533. The molecule has 2 heterocycles. The molecule has 6 heteroatoms. The highest BCUT2D eigenvalue weighted by molar-refractivity contribution is 6.12. The van der Waals surface area contributed by atoms with Crippen LogP contribution in [0.25, 0.3) is 66.9 Å². The van der Waals surface area contributed by atoms with Gasteiger partial charge in [-0.1, -0.05) is 139 Å². The number of para-hydroxylation sites is 2. The third-order valence-corrected chi connectivity index (χ3v) is 13.6. The second-order valence-corrected chi connectivity index (χ2v) is 18.0. The predicted octanol–water partition coefficient (Wildman–Crippen LogP) is 16.3. The van der Waals surface area contributed by atoms with Crippen LogP contribution in [0.4, 0.5) is 11.4 Å². The number of aromatic nitrogens is 2. The molecule has 0 saturated carbocycles. The van der Waals surface area contributed by atoms with E-state index in [-0.39, 0.29) is 0 Å². The van der Waals surface area contributed by atoms with E-state index in [2.05, 4.69) is 156 Å². The molecule has 2 atom stereocenters. The third kappa shape index (κ3) is 10.6. The molecule has 338 valence electrons. The van der Waals surface area contributed by atoms with E-state index in [9.17, 15) is 0 Å². The first kappa shape index (κ1) is 45.9. The molecule has 0 saturated heterocycles. The maximum Gasteiger partial charge on any atom is 0.0590 e. The van der Waals surface area contributed by atoms with Gasteiger partial charge in [-0.15, -0.1) is 0 Å². The van der Waals surface area contributed by atoms with Crippen molar-refractivity contribution in [3.05, 3.63) is 157 Å². The Morgan fingerprint density at radius 1 is 0.470 bits per heavy atom. The van der Waals surface area contributed by atoms with Gasteiger partial charge in [0, 0.05) is 83.2 Å². The molecular weight excluding hydrogens is 805 g/mol. The molecule has 8 rings (SSSR count). The number of benzene rings is 6. The number of anilines is 2. The molecule has 0 bridgehead atoms. The van der Waals surface area contributed by atoms with Crippen LogP contribution in [0.5, 0.6) is 0 Å². The van der Waals surface area contributed by atoms with Gasteiger partial charge in [-0.05, 0) is 132 Å². The minimum Gasteiger partial charge on any atom is -0.340 e. The highest BCUT2D eigenvalue weighted by atomic mass is 15.4. The lowest BCUT2D eigenvalue weighted by Crippen LogP contribution is -2.10. The van der Waals surface area contributed by atoms with Crippen molar-refractivity contribution in [1.29, 1.82) is 0 Å². The van der Waals surface area contributed by atoms with Gasteiger partial charge in [-0.3, -0.25) is 10.0 Å². The van der Waals surface area contributed by atoms with Crippen LogP contribution >= 0.6 is 0 Å². The van der Waals surface area contributed by atoms with E-state index in [4.69, 9.17) is 0 Å². The fourth-order valence-corrected chi connectivity index (χ4v) is 9.56. The van der Waals surface area contributed by atoms with Crippen LogP contribution in [0.1, 0.15) is 90.2 Å². The Morgan fingerprint density at radius 3 is 1.23 bits per heavy atom. The molecule has 6 aromatic carbocycles. The Balaban J connectivity index is 1.18. The van der Waals surface area contributed by atoms with Crippen molar-refractivity contribution < 1.29 is 0 Å². The fraction of sp³-hybridized carbons (Fsp3) is 0.300. The van der Waals surface area contributed by atoms with Gasteiger partial charge in [-0.2, -0.15) is 10.2 Å². The van der Waals surface area contributed by atoms with Gasteiger partial charge < -0.3 is 9.13 Å². The van der Waals surface area contributed by atoms with Crippen molar-refractivity contribution in [3.8, 4) is 11.1 Å². The average molecular weight is 873 g/mol. The van der Waals surface area contributed by atoms with Crippen molar-refractivity contribution in [2.24, 2.45) is 22.0 Å². The van der Waals surface area contributed by atoms with Gasteiger partial charge >= 0.3 is 0 Å². The van der Waals surface area contributed by atoms with Crippen LogP contribution in [0.3, 0.4) is 0 Å². The molecule has 0 spiro atoms. The summed E-state index contributed by atoms with van der Waals surface area (Å²) in [5.74, 6) is 1.27. The van der Waals surface area contributed by atoms with Crippen molar-refractivity contribution in [3.63, 3.8) is 0 Å². The van der Waals surface area contributed by atoms with Gasteiger partial charge in [-0.25, -0.2) is 0 Å². The topological polar surface area (TPSA) is 41.1 Å². The first-order valence-electron chi connectivity index (χ1n) is 24.5. The Labute approximate surface area is 393 Å². The fourth-order valence-electron chi connectivity index (χ4n) is 9.56. The molecule has 0 amide bonds. The van der Waals surface area contributed by atoms with E-state index in [1.54, 1.807) is 0 Å². The zero-order valence-corrected chi connectivity index (χ0v) is 40.1. The van der Waals surface area contributed by atoms with Crippen LogP contribution in [0.2, 0.25) is 0 Å². The van der Waals surface area contributed by atoms with E-state index in [1.807, 2.05) is 85.1 Å². The Kier molecular flexibility index (Phi) is 15.3. The molecule has 0 fully saturated rings. The van der Waals surface area contributed by atoms with Crippen molar-refractivity contribution >= 4 is 79.6 Å². The van der Waals surface area contributed by atoms with Crippen molar-refractivity contribution in [2.45, 2.75) is 92.2 Å². The maximum absolute atomic E-state index is 4.65. The summed E-state index contributed by atoms with van der Waals surface area (Å²) in [6.07, 6.45) is 22.0. The lowest BCUT2D eigenvalue weighted by atomic mass is 9.99. The number of hydrogen-bond donors (Lipinski definition) is 0. The van der Waals surface area contributed by atoms with Crippen LogP contribution in [0, 0.1) is 11.8 Å². The van der Waals surface area contributed by atoms with Gasteiger partial charge in [0.2, 0.25) is 0 Å². The van der Waals surface area contributed by atoms with Crippen LogP contribution in [-0.4, -0.2) is 35.7 Å². The van der Waals surface area contributed by atoms with Gasteiger partial charge in [0.1, 0.15) is 0 Å². The van der Waals surface area contributed by atoms with Gasteiger partial charge in [0.15, 0.2) is 0 Å². The van der Waals surface area contributed by atoms with E-state index < -0.39 is 0 Å². The van der Waals surface area contributed by atoms with Gasteiger partial charge in [0.05, 0.1) is 11.4 Å². The van der Waals surface area contributed by atoms with Crippen LogP contribution < -0.4 is 10.0 Å². The highest BCUT2D eigenvalue weighted by Crippen LogP contribution is 2.38. The van der Waals surface area contributed by atoms with Gasteiger partial charge in [0.25, 0.3) is 0 Å². The van der Waals surface area contributed by atoms with Crippen molar-refractivity contribution in [2.75, 3.05) is 24.1 Å². The summed E-state index contributed by atoms with van der Waals surface area (Å²) < 4.78 is 5.20.